The summed E-state index contributed by atoms with van der Waals surface area (Å²) in [5.41, 5.74) is 2.69. The molecule has 7 heteroatoms. The number of pyridine rings is 1. The van der Waals surface area contributed by atoms with Crippen molar-refractivity contribution in [1.29, 1.82) is 5.41 Å². The van der Waals surface area contributed by atoms with Crippen LogP contribution in [0.4, 0.5) is 5.69 Å². The highest BCUT2D eigenvalue weighted by molar-refractivity contribution is 8.18. The molecule has 1 aliphatic rings. The molecule has 2 aromatic rings. The highest BCUT2D eigenvalue weighted by atomic mass is 32.2. The van der Waals surface area contributed by atoms with Crippen LogP contribution < -0.4 is 4.90 Å². The first-order chi connectivity index (χ1) is 12.5. The van der Waals surface area contributed by atoms with Crippen molar-refractivity contribution in [3.63, 3.8) is 0 Å². The average molecular weight is 385 g/mol. The topological polar surface area (TPSA) is 60.3 Å². The minimum Gasteiger partial charge on any atom is -0.343 e. The van der Waals surface area contributed by atoms with Gasteiger partial charge in [-0.2, -0.15) is 0 Å². The third-order valence-corrected chi connectivity index (χ3v) is 5.64. The molecule has 0 spiro atoms. The molecule has 1 saturated heterocycles. The number of amidine groups is 1. The van der Waals surface area contributed by atoms with E-state index in [1.165, 1.54) is 16.7 Å². The number of rotatable bonds is 5. The zero-order valence-corrected chi connectivity index (χ0v) is 16.3. The summed E-state index contributed by atoms with van der Waals surface area (Å²) in [7, 11) is 0. The number of hydrogen-bond acceptors (Lipinski definition) is 6. The molecule has 1 fully saturated rings. The highest BCUT2D eigenvalue weighted by Gasteiger charge is 2.35. The summed E-state index contributed by atoms with van der Waals surface area (Å²) in [6.45, 7) is 5.01. The molecule has 134 valence electrons. The van der Waals surface area contributed by atoms with Gasteiger partial charge in [-0.15, -0.1) is 12.6 Å². The van der Waals surface area contributed by atoms with Crippen LogP contribution in [0.5, 0.6) is 0 Å². The van der Waals surface area contributed by atoms with E-state index in [4.69, 9.17) is 5.41 Å². The van der Waals surface area contributed by atoms with E-state index in [-0.39, 0.29) is 11.1 Å². The van der Waals surface area contributed by atoms with Gasteiger partial charge in [0.2, 0.25) is 0 Å². The number of carbonyl (C=O) groups excluding carboxylic acids is 1. The number of para-hydroxylation sites is 1. The molecule has 0 bridgehead atoms. The lowest BCUT2D eigenvalue weighted by Crippen LogP contribution is -2.29. The van der Waals surface area contributed by atoms with Gasteiger partial charge >= 0.3 is 0 Å². The van der Waals surface area contributed by atoms with E-state index in [1.54, 1.807) is 12.4 Å². The third-order valence-electron chi connectivity index (χ3n) is 4.17. The van der Waals surface area contributed by atoms with Crippen LogP contribution in [0.3, 0.4) is 0 Å². The first kappa shape index (κ1) is 18.5. The van der Waals surface area contributed by atoms with Gasteiger partial charge in [-0.25, -0.2) is 0 Å². The van der Waals surface area contributed by atoms with Crippen molar-refractivity contribution in [3.05, 3.63) is 65.0 Å². The van der Waals surface area contributed by atoms with Gasteiger partial charge in [-0.1, -0.05) is 18.2 Å². The number of anilines is 1. The fourth-order valence-corrected chi connectivity index (χ4v) is 4.05. The second-order valence-corrected chi connectivity index (χ2v) is 7.29. The lowest BCUT2D eigenvalue weighted by atomic mass is 10.2. The summed E-state index contributed by atoms with van der Waals surface area (Å²) in [5, 5.41) is 8.47. The fourth-order valence-electron chi connectivity index (χ4n) is 2.86. The van der Waals surface area contributed by atoms with Crippen LogP contribution in [0.2, 0.25) is 0 Å². The predicted octanol–water partition coefficient (Wildman–Crippen LogP) is 4.14. The normalized spacial score (nSPS) is 16.2. The van der Waals surface area contributed by atoms with Gasteiger partial charge < -0.3 is 4.90 Å². The second-order valence-electron chi connectivity index (χ2n) is 5.81. The molecular weight excluding hydrogens is 364 g/mol. The largest absolute Gasteiger partial charge is 0.343 e. The molecule has 0 atom stereocenters. The number of nitrogens with one attached hydrogen (secondary N) is 1. The third kappa shape index (κ3) is 3.64. The number of aromatic nitrogens is 1. The Hall–Kier alpha value is -2.25. The number of allylic oxidation sites excluding steroid dienone is 1. The van der Waals surface area contributed by atoms with Crippen molar-refractivity contribution in [2.75, 3.05) is 11.4 Å². The van der Waals surface area contributed by atoms with Gasteiger partial charge in [0.05, 0.1) is 17.1 Å². The molecule has 1 aliphatic heterocycles. The number of nitrogens with zero attached hydrogens (tertiary/aromatic N) is 3. The molecular formula is C19H20N4OS2. The standard InChI is InChI=1S/C19H20N4OS2/c1-3-22(15-8-4-5-9-16(15)25)13(2)17-18(24)23(19(20)26-17)12-14-7-6-10-21-11-14/h4-11,20,25H,3,12H2,1-2H3/b17-13+,20-19?. The first-order valence-electron chi connectivity index (χ1n) is 8.26. The maximum atomic E-state index is 12.9. The van der Waals surface area contributed by atoms with Crippen LogP contribution in [-0.4, -0.2) is 27.5 Å². The number of thioether (sulfide) groups is 1. The van der Waals surface area contributed by atoms with E-state index in [0.29, 0.717) is 18.0 Å². The number of carbonyl (C=O) groups is 1. The Morgan fingerprint density at radius 2 is 2.08 bits per heavy atom. The van der Waals surface area contributed by atoms with Crippen LogP contribution >= 0.6 is 24.4 Å². The van der Waals surface area contributed by atoms with E-state index in [9.17, 15) is 4.79 Å². The average Bonchev–Trinajstić information content (AvgIpc) is 2.93. The summed E-state index contributed by atoms with van der Waals surface area (Å²) in [4.78, 5) is 22.0. The Labute approximate surface area is 163 Å². The summed E-state index contributed by atoms with van der Waals surface area (Å²) in [6, 6.07) is 11.5. The molecule has 26 heavy (non-hydrogen) atoms. The number of thiol groups is 1. The first-order valence-corrected chi connectivity index (χ1v) is 9.52. The lowest BCUT2D eigenvalue weighted by Gasteiger charge is -2.26. The molecule has 3 rings (SSSR count). The van der Waals surface area contributed by atoms with Crippen molar-refractivity contribution >= 4 is 41.2 Å². The Morgan fingerprint density at radius 3 is 2.73 bits per heavy atom. The fraction of sp³-hybridized carbons (Fsp3) is 0.211. The maximum absolute atomic E-state index is 12.9. The van der Waals surface area contributed by atoms with Gasteiger partial charge in [0.15, 0.2) is 5.17 Å². The zero-order valence-electron chi connectivity index (χ0n) is 14.6. The molecule has 2 heterocycles. The minimum absolute atomic E-state index is 0.142. The molecule has 0 saturated carbocycles. The van der Waals surface area contributed by atoms with Crippen molar-refractivity contribution in [1.82, 2.24) is 9.88 Å². The molecule has 0 aliphatic carbocycles. The van der Waals surface area contributed by atoms with E-state index in [1.807, 2.05) is 50.2 Å². The van der Waals surface area contributed by atoms with E-state index >= 15 is 0 Å². The van der Waals surface area contributed by atoms with Gasteiger partial charge in [-0.3, -0.25) is 20.1 Å². The number of amides is 1. The molecule has 1 aromatic heterocycles. The van der Waals surface area contributed by atoms with Crippen molar-refractivity contribution in [2.24, 2.45) is 0 Å². The predicted molar refractivity (Wildman–Crippen MR) is 110 cm³/mol. The second kappa shape index (κ2) is 7.97. The summed E-state index contributed by atoms with van der Waals surface area (Å²) >= 11 is 5.74. The molecule has 1 aromatic carbocycles. The maximum Gasteiger partial charge on any atom is 0.268 e. The zero-order chi connectivity index (χ0) is 18.7. The summed E-state index contributed by atoms with van der Waals surface area (Å²) in [6.07, 6.45) is 3.41. The Bertz CT molecular complexity index is 867. The van der Waals surface area contributed by atoms with Crippen LogP contribution in [0.25, 0.3) is 0 Å². The van der Waals surface area contributed by atoms with E-state index < -0.39 is 0 Å². The minimum atomic E-state index is -0.142. The van der Waals surface area contributed by atoms with Crippen LogP contribution in [-0.2, 0) is 11.3 Å². The Morgan fingerprint density at radius 1 is 1.31 bits per heavy atom. The smallest absolute Gasteiger partial charge is 0.268 e. The van der Waals surface area contributed by atoms with E-state index in [0.717, 1.165) is 21.8 Å². The van der Waals surface area contributed by atoms with Crippen LogP contribution in [0.15, 0.2) is 64.3 Å². The quantitative estimate of drug-likeness (QED) is 0.601. The molecule has 1 N–H and O–H groups in total. The van der Waals surface area contributed by atoms with Gasteiger partial charge in [0.25, 0.3) is 5.91 Å². The summed E-state index contributed by atoms with van der Waals surface area (Å²) < 4.78 is 0. The Kier molecular flexibility index (Phi) is 5.68. The summed E-state index contributed by atoms with van der Waals surface area (Å²) in [5.74, 6) is -0.142. The number of benzene rings is 1. The van der Waals surface area contributed by atoms with Gasteiger partial charge in [0, 0.05) is 29.5 Å². The van der Waals surface area contributed by atoms with Crippen molar-refractivity contribution in [3.8, 4) is 0 Å². The highest BCUT2D eigenvalue weighted by Crippen LogP contribution is 2.36. The lowest BCUT2D eigenvalue weighted by molar-refractivity contribution is -0.122. The van der Waals surface area contributed by atoms with Crippen LogP contribution in [0, 0.1) is 5.41 Å². The Balaban J connectivity index is 1.91. The van der Waals surface area contributed by atoms with Crippen molar-refractivity contribution < 1.29 is 4.79 Å². The van der Waals surface area contributed by atoms with Crippen molar-refractivity contribution in [2.45, 2.75) is 25.3 Å². The van der Waals surface area contributed by atoms with Gasteiger partial charge in [0.1, 0.15) is 0 Å². The molecule has 1 amide bonds. The SMILES string of the molecule is CCN(/C(C)=C1/SC(=N)N(Cc2cccnc2)C1=O)c1ccccc1S. The van der Waals surface area contributed by atoms with Crippen LogP contribution in [0.1, 0.15) is 19.4 Å². The molecule has 5 nitrogen and oxygen atoms in total. The monoisotopic (exact) mass is 384 g/mol. The molecule has 0 radical (unpaired) electrons. The van der Waals surface area contributed by atoms with E-state index in [2.05, 4.69) is 22.5 Å². The van der Waals surface area contributed by atoms with Gasteiger partial charge in [-0.05, 0) is 49.4 Å². The number of hydrogen-bond donors (Lipinski definition) is 2. The molecule has 0 unspecified atom stereocenters.